The van der Waals surface area contributed by atoms with Crippen molar-refractivity contribution in [2.45, 2.75) is 116 Å². The topological polar surface area (TPSA) is 229 Å². The molecule has 1 aliphatic heterocycles. The maximum atomic E-state index is 13.7. The van der Waals surface area contributed by atoms with Gasteiger partial charge in [-0.3, -0.25) is 33.7 Å². The number of hydrogen-bond acceptors (Lipinski definition) is 10. The predicted octanol–water partition coefficient (Wildman–Crippen LogP) is -0.731. The molecule has 0 saturated carbocycles. The monoisotopic (exact) mass is 690 g/mol. The smallest absolute Gasteiger partial charge is 0.323 e. The van der Waals surface area contributed by atoms with Crippen molar-refractivity contribution in [3.63, 3.8) is 0 Å². The second kappa shape index (κ2) is 19.2. The Labute approximate surface area is 288 Å². The van der Waals surface area contributed by atoms with Crippen LogP contribution in [0.4, 0.5) is 0 Å². The Morgan fingerprint density at radius 2 is 1.53 bits per heavy atom. The third-order valence-electron chi connectivity index (χ3n) is 7.81. The van der Waals surface area contributed by atoms with Crippen LogP contribution in [-0.2, 0) is 39.9 Å². The Hall–Kier alpha value is -4.08. The average molecular weight is 691 g/mol. The second-order valence-corrected chi connectivity index (χ2v) is 13.9. The summed E-state index contributed by atoms with van der Waals surface area (Å²) >= 11 is 0. The van der Waals surface area contributed by atoms with Crippen LogP contribution >= 0.6 is 0 Å². The van der Waals surface area contributed by atoms with Crippen molar-refractivity contribution in [1.82, 2.24) is 26.2 Å². The van der Waals surface area contributed by atoms with Gasteiger partial charge in [-0.05, 0) is 64.5 Å². The van der Waals surface area contributed by atoms with Crippen LogP contribution in [0.2, 0.25) is 0 Å². The number of β-amino-alcohol motifs (C(OH)–C–C–N with tert-alkyl or cyclic N) is 1. The number of carbonyl (C=O) groups excluding carboxylic acids is 6. The lowest BCUT2D eigenvalue weighted by atomic mass is 9.99. The second-order valence-electron chi connectivity index (χ2n) is 13.9. The van der Waals surface area contributed by atoms with Crippen LogP contribution in [0.15, 0.2) is 30.3 Å². The number of nitrogens with one attached hydrogen (secondary N) is 4. The van der Waals surface area contributed by atoms with E-state index in [1.54, 1.807) is 34.6 Å². The molecule has 6 atom stereocenters. The van der Waals surface area contributed by atoms with Crippen molar-refractivity contribution in [2.75, 3.05) is 19.7 Å². The van der Waals surface area contributed by atoms with Crippen molar-refractivity contribution in [3.05, 3.63) is 35.9 Å². The number of amides is 5. The third kappa shape index (κ3) is 14.5. The lowest BCUT2D eigenvalue weighted by Crippen LogP contribution is -2.59. The van der Waals surface area contributed by atoms with Crippen LogP contribution in [0.3, 0.4) is 0 Å². The van der Waals surface area contributed by atoms with Gasteiger partial charge >= 0.3 is 5.97 Å². The largest absolute Gasteiger partial charge is 0.459 e. The SMILES string of the molecule is CC(=O)NC(CO)C(=O)N[C@@H](CC(C)C)C(=O)N[C@@H](CC(N)=O)C(=O)N[C@@H](Cc1ccccc1)[C@@H](O)CN1CCCC1C(=O)OC(C)(C)C. The van der Waals surface area contributed by atoms with Crippen molar-refractivity contribution in [3.8, 4) is 0 Å². The van der Waals surface area contributed by atoms with Crippen molar-refractivity contribution in [1.29, 1.82) is 0 Å². The number of hydrogen-bond donors (Lipinski definition) is 7. The molecule has 49 heavy (non-hydrogen) atoms. The number of primary amides is 1. The van der Waals surface area contributed by atoms with Crippen LogP contribution in [0, 0.1) is 5.92 Å². The molecule has 0 aromatic heterocycles. The summed E-state index contributed by atoms with van der Waals surface area (Å²) in [5.74, 6) is -4.34. The van der Waals surface area contributed by atoms with Crippen molar-refractivity contribution in [2.24, 2.45) is 11.7 Å². The number of aliphatic hydroxyl groups excluding tert-OH is 2. The minimum absolute atomic E-state index is 0.0390. The number of ether oxygens (including phenoxy) is 1. The molecule has 1 saturated heterocycles. The quantitative estimate of drug-likeness (QED) is 0.0955. The number of aliphatic hydroxyl groups is 2. The summed E-state index contributed by atoms with van der Waals surface area (Å²) in [4.78, 5) is 78.3. The highest BCUT2D eigenvalue weighted by atomic mass is 16.6. The molecule has 1 aliphatic rings. The minimum Gasteiger partial charge on any atom is -0.459 e. The van der Waals surface area contributed by atoms with E-state index in [4.69, 9.17) is 10.5 Å². The van der Waals surface area contributed by atoms with E-state index in [0.29, 0.717) is 13.0 Å². The van der Waals surface area contributed by atoms with Crippen LogP contribution in [0.25, 0.3) is 0 Å². The molecule has 15 heteroatoms. The highest BCUT2D eigenvalue weighted by Gasteiger charge is 2.37. The van der Waals surface area contributed by atoms with Gasteiger partial charge in [-0.1, -0.05) is 44.2 Å². The van der Waals surface area contributed by atoms with Crippen LogP contribution in [0.5, 0.6) is 0 Å². The minimum atomic E-state index is -1.47. The van der Waals surface area contributed by atoms with E-state index < -0.39 is 90.4 Å². The fraction of sp³-hybridized carbons (Fsp3) is 0.647. The van der Waals surface area contributed by atoms with Crippen molar-refractivity contribution < 1.29 is 43.7 Å². The molecular weight excluding hydrogens is 636 g/mol. The maximum Gasteiger partial charge on any atom is 0.323 e. The first-order chi connectivity index (χ1) is 22.9. The molecule has 0 aliphatic carbocycles. The number of rotatable bonds is 18. The molecule has 1 heterocycles. The highest BCUT2D eigenvalue weighted by molar-refractivity contribution is 5.95. The summed E-state index contributed by atoms with van der Waals surface area (Å²) < 4.78 is 5.59. The lowest BCUT2D eigenvalue weighted by Gasteiger charge is -2.32. The zero-order chi connectivity index (χ0) is 36.9. The first kappa shape index (κ1) is 41.1. The Balaban J connectivity index is 2.29. The Morgan fingerprint density at radius 3 is 2.08 bits per heavy atom. The average Bonchev–Trinajstić information content (AvgIpc) is 3.46. The van der Waals surface area contributed by atoms with Crippen LogP contribution < -0.4 is 27.0 Å². The third-order valence-corrected chi connectivity index (χ3v) is 7.81. The number of likely N-dealkylation sites (tertiary alicyclic amines) is 1. The zero-order valence-electron chi connectivity index (χ0n) is 29.4. The number of carbonyl (C=O) groups is 6. The molecular formula is C34H54N6O9. The molecule has 2 unspecified atom stereocenters. The van der Waals surface area contributed by atoms with E-state index in [9.17, 15) is 39.0 Å². The molecule has 1 aromatic rings. The van der Waals surface area contributed by atoms with Gasteiger partial charge in [0.2, 0.25) is 29.5 Å². The summed E-state index contributed by atoms with van der Waals surface area (Å²) in [5.41, 5.74) is 5.56. The number of benzene rings is 1. The fourth-order valence-electron chi connectivity index (χ4n) is 5.58. The summed E-state index contributed by atoms with van der Waals surface area (Å²) in [5, 5.41) is 31.2. The van der Waals surface area contributed by atoms with Gasteiger partial charge in [-0.2, -0.15) is 0 Å². The highest BCUT2D eigenvalue weighted by Crippen LogP contribution is 2.22. The van der Waals surface area contributed by atoms with Gasteiger partial charge in [0.1, 0.15) is 29.8 Å². The normalized spacial score (nSPS) is 18.0. The first-order valence-electron chi connectivity index (χ1n) is 16.7. The van der Waals surface area contributed by atoms with Gasteiger partial charge in [-0.15, -0.1) is 0 Å². The van der Waals surface area contributed by atoms with Gasteiger partial charge in [-0.25, -0.2) is 0 Å². The Bertz CT molecular complexity index is 1290. The predicted molar refractivity (Wildman–Crippen MR) is 180 cm³/mol. The number of nitrogens with zero attached hydrogens (tertiary/aromatic N) is 1. The van der Waals surface area contributed by atoms with E-state index in [1.807, 2.05) is 35.2 Å². The number of nitrogens with two attached hydrogens (primary N) is 1. The Morgan fingerprint density at radius 1 is 0.939 bits per heavy atom. The standard InChI is InChI=1S/C34H54N6O9/c1-20(2)15-24(38-32(47)26(19-41)36-21(3)42)30(45)39-25(17-29(35)44)31(46)37-23(16-22-11-8-7-9-12-22)28(43)18-40-14-10-13-27(40)33(48)49-34(4,5)6/h7-9,11-12,20,23-28,41,43H,10,13-19H2,1-6H3,(H2,35,44)(H,36,42)(H,37,46)(H,38,47)(H,39,45)/t23-,24-,25-,26?,27?,28-/m0/s1. The maximum absolute atomic E-state index is 13.7. The van der Waals surface area contributed by atoms with Gasteiger partial charge in [0.15, 0.2) is 0 Å². The molecule has 0 bridgehead atoms. The summed E-state index contributed by atoms with van der Waals surface area (Å²) in [7, 11) is 0. The van der Waals surface area contributed by atoms with E-state index in [-0.39, 0.29) is 25.3 Å². The summed E-state index contributed by atoms with van der Waals surface area (Å²) in [6.45, 7) is 9.99. The van der Waals surface area contributed by atoms with Gasteiger partial charge in [0, 0.05) is 13.5 Å². The fourth-order valence-corrected chi connectivity index (χ4v) is 5.58. The molecule has 2 rings (SSSR count). The van der Waals surface area contributed by atoms with E-state index in [2.05, 4.69) is 21.3 Å². The van der Waals surface area contributed by atoms with Crippen molar-refractivity contribution >= 4 is 35.5 Å². The first-order valence-corrected chi connectivity index (χ1v) is 16.7. The van der Waals surface area contributed by atoms with Crippen LogP contribution in [0.1, 0.15) is 72.8 Å². The lowest BCUT2D eigenvalue weighted by molar-refractivity contribution is -0.160. The van der Waals surface area contributed by atoms with Gasteiger partial charge in [0.25, 0.3) is 0 Å². The molecule has 15 nitrogen and oxygen atoms in total. The van der Waals surface area contributed by atoms with E-state index in [1.165, 1.54) is 6.92 Å². The molecule has 0 radical (unpaired) electrons. The molecule has 274 valence electrons. The van der Waals surface area contributed by atoms with E-state index in [0.717, 1.165) is 12.0 Å². The van der Waals surface area contributed by atoms with Crippen LogP contribution in [-0.4, -0.2) is 112 Å². The molecule has 8 N–H and O–H groups in total. The summed E-state index contributed by atoms with van der Waals surface area (Å²) in [6.07, 6.45) is -0.155. The van der Waals surface area contributed by atoms with Gasteiger partial charge in [0.05, 0.1) is 25.2 Å². The molecule has 0 spiro atoms. The zero-order valence-corrected chi connectivity index (χ0v) is 29.4. The van der Waals surface area contributed by atoms with E-state index >= 15 is 0 Å². The summed E-state index contributed by atoms with van der Waals surface area (Å²) in [6, 6.07) is 3.67. The van der Waals surface area contributed by atoms with Gasteiger partial charge < -0.3 is 42.0 Å². The Kier molecular flexibility index (Phi) is 16.1. The molecule has 1 fully saturated rings. The molecule has 1 aromatic carbocycles. The number of esters is 1. The molecule has 5 amide bonds.